The van der Waals surface area contributed by atoms with Crippen LogP contribution in [-0.4, -0.2) is 53.4 Å². The molecule has 3 atom stereocenters. The highest BCUT2D eigenvalue weighted by Gasteiger charge is 2.58. The number of alkyl halides is 3. The van der Waals surface area contributed by atoms with Gasteiger partial charge in [-0.05, 0) is 61.6 Å². The average Bonchev–Trinajstić information content (AvgIpc) is 3.53. The van der Waals surface area contributed by atoms with Crippen LogP contribution >= 0.6 is 0 Å². The van der Waals surface area contributed by atoms with Crippen LogP contribution in [0.4, 0.5) is 32.8 Å². The summed E-state index contributed by atoms with van der Waals surface area (Å²) in [6.45, 7) is 0.951. The zero-order chi connectivity index (χ0) is 29.0. The van der Waals surface area contributed by atoms with E-state index < -0.39 is 65.7 Å². The maximum atomic E-state index is 13.7. The van der Waals surface area contributed by atoms with Crippen molar-refractivity contribution in [2.75, 3.05) is 18.9 Å². The summed E-state index contributed by atoms with van der Waals surface area (Å²) in [6, 6.07) is 5.22. The molecule has 0 radical (unpaired) electrons. The summed E-state index contributed by atoms with van der Waals surface area (Å²) in [5.41, 5.74) is -1.44. The third-order valence-corrected chi connectivity index (χ3v) is 7.77. The van der Waals surface area contributed by atoms with Gasteiger partial charge in [-0.1, -0.05) is 12.1 Å². The molecule has 1 spiro atoms. The fourth-order valence-corrected chi connectivity index (χ4v) is 5.92. The van der Waals surface area contributed by atoms with Crippen LogP contribution in [0.5, 0.6) is 0 Å². The number of nitrogens with zero attached hydrogens (tertiary/aromatic N) is 2. The zero-order valence-electron chi connectivity index (χ0n) is 21.6. The number of halogens is 4. The largest absolute Gasteiger partial charge is 0.427 e. The van der Waals surface area contributed by atoms with E-state index in [-0.39, 0.29) is 18.4 Å². The Morgan fingerprint density at radius 3 is 2.58 bits per heavy atom. The molecule has 2 aliphatic heterocycles. The van der Waals surface area contributed by atoms with Gasteiger partial charge < -0.3 is 20.3 Å². The minimum Gasteiger partial charge on any atom is -0.427 e. The number of carbonyl (C=O) groups is 4. The fraction of sp³-hybridized carbons (Fsp3) is 0.407. The third kappa shape index (κ3) is 4.52. The first-order chi connectivity index (χ1) is 18.9. The van der Waals surface area contributed by atoms with E-state index in [0.717, 1.165) is 12.1 Å². The molecule has 3 aliphatic rings. The molecule has 0 saturated carbocycles. The van der Waals surface area contributed by atoms with Gasteiger partial charge in [0, 0.05) is 30.8 Å². The van der Waals surface area contributed by atoms with Crippen LogP contribution in [0.3, 0.4) is 0 Å². The molecule has 2 aromatic carbocycles. The average molecular weight is 563 g/mol. The van der Waals surface area contributed by atoms with E-state index in [1.54, 1.807) is 25.1 Å². The first-order valence-corrected chi connectivity index (χ1v) is 12.7. The van der Waals surface area contributed by atoms with Crippen LogP contribution in [0.1, 0.15) is 54.5 Å². The molecule has 1 aliphatic carbocycles. The molecule has 0 aromatic heterocycles. The second-order valence-electron chi connectivity index (χ2n) is 10.1. The summed E-state index contributed by atoms with van der Waals surface area (Å²) in [5, 5.41) is 5.06. The Balaban J connectivity index is 1.39. The van der Waals surface area contributed by atoms with E-state index in [9.17, 15) is 36.7 Å². The lowest BCUT2D eigenvalue weighted by molar-refractivity contribution is -0.144. The van der Waals surface area contributed by atoms with Crippen molar-refractivity contribution in [2.24, 2.45) is 0 Å². The number of imide groups is 1. The standard InChI is InChI=1S/C27H26F4N4O5/c1-14-3-8-21(18-6-4-16(28)12-20(18)27(29,30)31)35(14)22(36)13-34-23(37)26(40-25(34)39)10-9-15-11-17(5-7-19(15)26)33-24(38)32-2/h4-7,11-12,14,21H,3,8-10,13H2,1-2H3,(H2,32,33,38)/t14-,21-,26?/m0/s1. The van der Waals surface area contributed by atoms with Crippen molar-refractivity contribution in [1.82, 2.24) is 15.1 Å². The number of hydrogen-bond donors (Lipinski definition) is 2. The molecular formula is C27H26F4N4O5. The molecule has 2 heterocycles. The number of aryl methyl sites for hydroxylation is 1. The Bertz CT molecular complexity index is 1410. The lowest BCUT2D eigenvalue weighted by Gasteiger charge is -2.31. The van der Waals surface area contributed by atoms with Crippen LogP contribution < -0.4 is 10.6 Å². The molecule has 2 saturated heterocycles. The maximum absolute atomic E-state index is 13.7. The highest BCUT2D eigenvalue weighted by Crippen LogP contribution is 2.47. The molecule has 2 fully saturated rings. The van der Waals surface area contributed by atoms with Gasteiger partial charge in [0.1, 0.15) is 12.4 Å². The first kappa shape index (κ1) is 27.4. The van der Waals surface area contributed by atoms with E-state index in [2.05, 4.69) is 10.6 Å². The second-order valence-corrected chi connectivity index (χ2v) is 10.1. The lowest BCUT2D eigenvalue weighted by Crippen LogP contribution is -2.46. The second kappa shape index (κ2) is 9.79. The molecule has 5 amide bonds. The van der Waals surface area contributed by atoms with Gasteiger partial charge >= 0.3 is 18.3 Å². The number of anilines is 1. The Morgan fingerprint density at radius 1 is 1.12 bits per heavy atom. The van der Waals surface area contributed by atoms with Crippen LogP contribution in [0, 0.1) is 5.82 Å². The van der Waals surface area contributed by atoms with Crippen molar-refractivity contribution < 1.29 is 41.5 Å². The van der Waals surface area contributed by atoms with Gasteiger partial charge in [-0.3, -0.25) is 9.59 Å². The van der Waals surface area contributed by atoms with Gasteiger partial charge in [0.25, 0.3) is 5.91 Å². The van der Waals surface area contributed by atoms with Crippen molar-refractivity contribution >= 4 is 29.6 Å². The van der Waals surface area contributed by atoms with Crippen LogP contribution in [0.15, 0.2) is 36.4 Å². The molecule has 5 rings (SSSR count). The minimum absolute atomic E-state index is 0.133. The Kier molecular flexibility index (Phi) is 6.71. The van der Waals surface area contributed by atoms with E-state index in [1.807, 2.05) is 0 Å². The first-order valence-electron chi connectivity index (χ1n) is 12.7. The number of fused-ring (bicyclic) bond motifs is 2. The number of ether oxygens (including phenoxy) is 1. The number of benzene rings is 2. The zero-order valence-corrected chi connectivity index (χ0v) is 21.6. The normalized spacial score (nSPS) is 23.9. The Morgan fingerprint density at radius 2 is 1.88 bits per heavy atom. The number of hydrogen-bond acceptors (Lipinski definition) is 5. The fourth-order valence-electron chi connectivity index (χ4n) is 5.92. The predicted molar refractivity (Wildman–Crippen MR) is 132 cm³/mol. The number of amides is 5. The summed E-state index contributed by atoms with van der Waals surface area (Å²) in [6.07, 6.45) is -4.79. The van der Waals surface area contributed by atoms with Crippen LogP contribution in [-0.2, 0) is 32.5 Å². The number of likely N-dealkylation sites (tertiary alicyclic amines) is 1. The molecule has 9 nitrogen and oxygen atoms in total. The van der Waals surface area contributed by atoms with E-state index in [1.165, 1.54) is 11.9 Å². The predicted octanol–water partition coefficient (Wildman–Crippen LogP) is 4.47. The number of rotatable bonds is 4. The quantitative estimate of drug-likeness (QED) is 0.535. The van der Waals surface area contributed by atoms with Crippen molar-refractivity contribution in [3.8, 4) is 0 Å². The van der Waals surface area contributed by atoms with Gasteiger partial charge in [-0.15, -0.1) is 0 Å². The molecule has 2 aromatic rings. The summed E-state index contributed by atoms with van der Waals surface area (Å²) in [7, 11) is 1.46. The minimum atomic E-state index is -4.84. The summed E-state index contributed by atoms with van der Waals surface area (Å²) >= 11 is 0. The van der Waals surface area contributed by atoms with Crippen molar-refractivity contribution in [2.45, 2.75) is 56.5 Å². The molecule has 0 bridgehead atoms. The highest BCUT2D eigenvalue weighted by molar-refractivity contribution is 6.06. The number of nitrogens with one attached hydrogen (secondary N) is 2. The van der Waals surface area contributed by atoms with E-state index in [0.29, 0.717) is 40.6 Å². The van der Waals surface area contributed by atoms with Crippen molar-refractivity contribution in [3.05, 3.63) is 64.5 Å². The smallest absolute Gasteiger partial charge is 0.418 e. The highest BCUT2D eigenvalue weighted by atomic mass is 19.4. The van der Waals surface area contributed by atoms with Gasteiger partial charge in [0.05, 0.1) is 11.6 Å². The molecule has 2 N–H and O–H groups in total. The van der Waals surface area contributed by atoms with Crippen molar-refractivity contribution in [3.63, 3.8) is 0 Å². The van der Waals surface area contributed by atoms with E-state index in [4.69, 9.17) is 4.74 Å². The molecular weight excluding hydrogens is 536 g/mol. The van der Waals surface area contributed by atoms with Gasteiger partial charge in [0.15, 0.2) is 0 Å². The van der Waals surface area contributed by atoms with Crippen LogP contribution in [0.2, 0.25) is 0 Å². The third-order valence-electron chi connectivity index (χ3n) is 7.77. The summed E-state index contributed by atoms with van der Waals surface area (Å²) in [4.78, 5) is 53.4. The van der Waals surface area contributed by atoms with Crippen LogP contribution in [0.25, 0.3) is 0 Å². The topological polar surface area (TPSA) is 108 Å². The number of carbonyl (C=O) groups excluding carboxylic acids is 4. The summed E-state index contributed by atoms with van der Waals surface area (Å²) < 4.78 is 60.4. The number of urea groups is 1. The molecule has 212 valence electrons. The molecule has 40 heavy (non-hydrogen) atoms. The van der Waals surface area contributed by atoms with E-state index >= 15 is 0 Å². The van der Waals surface area contributed by atoms with Crippen molar-refractivity contribution in [1.29, 1.82) is 0 Å². The Labute approximate surface area is 226 Å². The maximum Gasteiger partial charge on any atom is 0.418 e. The summed E-state index contributed by atoms with van der Waals surface area (Å²) in [5.74, 6) is -2.51. The molecule has 13 heteroatoms. The van der Waals surface area contributed by atoms with Gasteiger partial charge in [-0.2, -0.15) is 13.2 Å². The monoisotopic (exact) mass is 562 g/mol. The molecule has 1 unspecified atom stereocenters. The van der Waals surface area contributed by atoms with Gasteiger partial charge in [-0.25, -0.2) is 18.9 Å². The van der Waals surface area contributed by atoms with Gasteiger partial charge in [0.2, 0.25) is 11.5 Å². The lowest BCUT2D eigenvalue weighted by atomic mass is 9.94. The Hall–Kier alpha value is -4.16. The SMILES string of the molecule is CNC(=O)Nc1ccc2c(c1)CCC21OC(=O)N(CC(=O)N2[C@@H](C)CC[C@H]2c2ccc(F)cc2C(F)(F)F)C1=O.